The molecule has 1 unspecified atom stereocenters. The van der Waals surface area contributed by atoms with Gasteiger partial charge < -0.3 is 15.0 Å². The quantitative estimate of drug-likeness (QED) is 0.826. The van der Waals surface area contributed by atoms with Crippen LogP contribution < -0.4 is 5.32 Å². The van der Waals surface area contributed by atoms with Gasteiger partial charge in [-0.1, -0.05) is 24.3 Å². The Balaban J connectivity index is 1.38. The Morgan fingerprint density at radius 2 is 1.93 bits per heavy atom. The van der Waals surface area contributed by atoms with Gasteiger partial charge in [-0.3, -0.25) is 14.6 Å². The fraction of sp³-hybridized carbons (Fsp3) is 0.458. The van der Waals surface area contributed by atoms with Crippen LogP contribution in [0, 0.1) is 12.8 Å². The van der Waals surface area contributed by atoms with Gasteiger partial charge in [-0.25, -0.2) is 0 Å². The average Bonchev–Trinajstić information content (AvgIpc) is 3.31. The van der Waals surface area contributed by atoms with Crippen LogP contribution in [0.1, 0.15) is 41.6 Å². The first-order chi connectivity index (χ1) is 14.6. The lowest BCUT2D eigenvalue weighted by molar-refractivity contribution is -0.126. The summed E-state index contributed by atoms with van der Waals surface area (Å²) in [6.45, 7) is 4.57. The molecule has 0 spiro atoms. The molecule has 4 rings (SSSR count). The van der Waals surface area contributed by atoms with Crippen molar-refractivity contribution in [3.8, 4) is 11.3 Å². The minimum atomic E-state index is -0.0415. The lowest BCUT2D eigenvalue weighted by Gasteiger charge is -2.32. The number of benzene rings is 1. The topological polar surface area (TPSA) is 71.5 Å². The van der Waals surface area contributed by atoms with E-state index in [0.29, 0.717) is 38.0 Å². The number of hydrogen-bond acceptors (Lipinski definition) is 4. The standard InChI is InChI=1S/C24H29N3O3/c1-17-6-2-3-8-20(17)22-21(9-4-12-25-22)24(29)27-13-10-18(11-14-27)23(28)26-16-19-7-5-15-30-19/h2-4,6,8-9,12,18-19H,5,7,10-11,13-16H2,1H3,(H,26,28). The maximum absolute atomic E-state index is 13.3. The Bertz CT molecular complexity index is 900. The van der Waals surface area contributed by atoms with Crippen LogP contribution in [0.25, 0.3) is 11.3 Å². The molecule has 1 aromatic heterocycles. The molecule has 6 nitrogen and oxygen atoms in total. The average molecular weight is 408 g/mol. The lowest BCUT2D eigenvalue weighted by atomic mass is 9.94. The number of amides is 2. The van der Waals surface area contributed by atoms with Crippen LogP contribution in [0.5, 0.6) is 0 Å². The van der Waals surface area contributed by atoms with Gasteiger partial charge in [0.15, 0.2) is 0 Å². The highest BCUT2D eigenvalue weighted by molar-refractivity contribution is 6.00. The molecule has 1 N–H and O–H groups in total. The molecule has 158 valence electrons. The number of nitrogens with zero attached hydrogens (tertiary/aromatic N) is 2. The van der Waals surface area contributed by atoms with Gasteiger partial charge in [-0.15, -0.1) is 0 Å². The van der Waals surface area contributed by atoms with Crippen molar-refractivity contribution in [2.24, 2.45) is 5.92 Å². The molecule has 0 radical (unpaired) electrons. The van der Waals surface area contributed by atoms with Crippen molar-refractivity contribution in [1.29, 1.82) is 0 Å². The number of rotatable bonds is 5. The van der Waals surface area contributed by atoms with E-state index in [1.807, 2.05) is 42.2 Å². The maximum atomic E-state index is 13.3. The number of aromatic nitrogens is 1. The Morgan fingerprint density at radius 3 is 2.67 bits per heavy atom. The molecule has 2 fully saturated rings. The van der Waals surface area contributed by atoms with E-state index in [9.17, 15) is 9.59 Å². The minimum Gasteiger partial charge on any atom is -0.376 e. The third kappa shape index (κ3) is 4.54. The molecule has 30 heavy (non-hydrogen) atoms. The molecule has 2 aromatic rings. The van der Waals surface area contributed by atoms with Crippen LogP contribution in [0.3, 0.4) is 0 Å². The summed E-state index contributed by atoms with van der Waals surface area (Å²) in [6, 6.07) is 11.6. The normalized spacial score (nSPS) is 19.6. The molecular weight excluding hydrogens is 378 g/mol. The first kappa shape index (κ1) is 20.5. The molecule has 2 aliphatic heterocycles. The molecule has 1 aromatic carbocycles. The van der Waals surface area contributed by atoms with Crippen LogP contribution in [-0.2, 0) is 9.53 Å². The van der Waals surface area contributed by atoms with Gasteiger partial charge in [0.25, 0.3) is 5.91 Å². The Hall–Kier alpha value is -2.73. The largest absolute Gasteiger partial charge is 0.376 e. The molecule has 3 heterocycles. The molecule has 6 heteroatoms. The van der Waals surface area contributed by atoms with Crippen LogP contribution in [0.4, 0.5) is 0 Å². The number of piperidine rings is 1. The van der Waals surface area contributed by atoms with Gasteiger partial charge in [-0.2, -0.15) is 0 Å². The summed E-state index contributed by atoms with van der Waals surface area (Å²) in [5.41, 5.74) is 3.40. The van der Waals surface area contributed by atoms with Crippen molar-refractivity contribution in [1.82, 2.24) is 15.2 Å². The maximum Gasteiger partial charge on any atom is 0.256 e. The molecule has 1 atom stereocenters. The number of hydrogen-bond donors (Lipinski definition) is 1. The molecule has 2 aliphatic rings. The molecule has 2 amide bonds. The summed E-state index contributed by atoms with van der Waals surface area (Å²) in [5, 5.41) is 3.03. The van der Waals surface area contributed by atoms with Crippen LogP contribution >= 0.6 is 0 Å². The lowest BCUT2D eigenvalue weighted by Crippen LogP contribution is -2.44. The predicted molar refractivity (Wildman–Crippen MR) is 115 cm³/mol. The van der Waals surface area contributed by atoms with E-state index in [1.54, 1.807) is 12.3 Å². The molecule has 0 aliphatic carbocycles. The van der Waals surface area contributed by atoms with Crippen molar-refractivity contribution in [3.05, 3.63) is 53.7 Å². The second-order valence-electron chi connectivity index (χ2n) is 8.16. The first-order valence-electron chi connectivity index (χ1n) is 10.8. The third-order valence-corrected chi connectivity index (χ3v) is 6.12. The van der Waals surface area contributed by atoms with Gasteiger partial charge in [0.05, 0.1) is 17.4 Å². The number of likely N-dealkylation sites (tertiary alicyclic amines) is 1. The van der Waals surface area contributed by atoms with E-state index >= 15 is 0 Å². The Morgan fingerprint density at radius 1 is 1.13 bits per heavy atom. The minimum absolute atomic E-state index is 0.0143. The summed E-state index contributed by atoms with van der Waals surface area (Å²) in [6.07, 6.45) is 5.33. The van der Waals surface area contributed by atoms with Crippen molar-refractivity contribution in [2.75, 3.05) is 26.2 Å². The summed E-state index contributed by atoms with van der Waals surface area (Å²) >= 11 is 0. The van der Waals surface area contributed by atoms with Gasteiger partial charge in [0.1, 0.15) is 0 Å². The smallest absolute Gasteiger partial charge is 0.256 e. The number of pyridine rings is 1. The number of ether oxygens (including phenoxy) is 1. The SMILES string of the molecule is Cc1ccccc1-c1ncccc1C(=O)N1CCC(C(=O)NCC2CCCO2)CC1. The van der Waals surface area contributed by atoms with E-state index in [1.165, 1.54) is 0 Å². The molecule has 0 saturated carbocycles. The molecule has 0 bridgehead atoms. The van der Waals surface area contributed by atoms with E-state index < -0.39 is 0 Å². The van der Waals surface area contributed by atoms with E-state index in [-0.39, 0.29) is 23.8 Å². The second-order valence-corrected chi connectivity index (χ2v) is 8.16. The zero-order valence-corrected chi connectivity index (χ0v) is 17.5. The van der Waals surface area contributed by atoms with Gasteiger partial charge in [0, 0.05) is 43.9 Å². The highest BCUT2D eigenvalue weighted by Crippen LogP contribution is 2.27. The highest BCUT2D eigenvalue weighted by atomic mass is 16.5. The van der Waals surface area contributed by atoms with Crippen molar-refractivity contribution in [3.63, 3.8) is 0 Å². The van der Waals surface area contributed by atoms with Crippen LogP contribution in [0.2, 0.25) is 0 Å². The van der Waals surface area contributed by atoms with E-state index in [4.69, 9.17) is 4.74 Å². The van der Waals surface area contributed by atoms with Crippen molar-refractivity contribution in [2.45, 2.75) is 38.7 Å². The molecular formula is C24H29N3O3. The summed E-state index contributed by atoms with van der Waals surface area (Å²) in [7, 11) is 0. The first-order valence-corrected chi connectivity index (χ1v) is 10.8. The fourth-order valence-electron chi connectivity index (χ4n) is 4.31. The zero-order chi connectivity index (χ0) is 20.9. The van der Waals surface area contributed by atoms with E-state index in [2.05, 4.69) is 10.3 Å². The second kappa shape index (κ2) is 9.39. The third-order valence-electron chi connectivity index (χ3n) is 6.12. The van der Waals surface area contributed by atoms with Gasteiger partial charge in [0.2, 0.25) is 5.91 Å². The number of carbonyl (C=O) groups excluding carboxylic acids is 2. The summed E-state index contributed by atoms with van der Waals surface area (Å²) in [4.78, 5) is 32.1. The van der Waals surface area contributed by atoms with Gasteiger partial charge in [-0.05, 0) is 50.3 Å². The van der Waals surface area contributed by atoms with E-state index in [0.717, 1.165) is 36.3 Å². The fourth-order valence-corrected chi connectivity index (χ4v) is 4.31. The zero-order valence-electron chi connectivity index (χ0n) is 17.5. The van der Waals surface area contributed by atoms with Crippen molar-refractivity contribution >= 4 is 11.8 Å². The molecule has 2 saturated heterocycles. The van der Waals surface area contributed by atoms with Crippen molar-refractivity contribution < 1.29 is 14.3 Å². The monoisotopic (exact) mass is 407 g/mol. The van der Waals surface area contributed by atoms with Crippen LogP contribution in [-0.4, -0.2) is 54.0 Å². The summed E-state index contributed by atoms with van der Waals surface area (Å²) in [5.74, 6) is 0.0272. The Labute approximate surface area is 177 Å². The number of aryl methyl sites for hydroxylation is 1. The number of nitrogens with one attached hydrogen (secondary N) is 1. The summed E-state index contributed by atoms with van der Waals surface area (Å²) < 4.78 is 5.57. The van der Waals surface area contributed by atoms with Crippen LogP contribution in [0.15, 0.2) is 42.6 Å². The highest BCUT2D eigenvalue weighted by Gasteiger charge is 2.29. The Kier molecular flexibility index (Phi) is 6.43. The number of carbonyl (C=O) groups is 2. The predicted octanol–water partition coefficient (Wildman–Crippen LogP) is 3.20. The van der Waals surface area contributed by atoms with Gasteiger partial charge >= 0.3 is 0 Å².